The molecule has 3 N–H and O–H groups in total. The van der Waals surface area contributed by atoms with Crippen molar-refractivity contribution in [2.75, 3.05) is 6.61 Å². The van der Waals surface area contributed by atoms with E-state index < -0.39 is 32.3 Å². The lowest BCUT2D eigenvalue weighted by atomic mass is 10.0. The number of hydrogen-bond acceptors (Lipinski definition) is 5. The number of allylic oxidation sites excluding steroid dienone is 2. The smallest absolute Gasteiger partial charge is 0.370 e. The Bertz CT molecular complexity index is 413. The Kier molecular flexibility index (Phi) is 17.1. The first kappa shape index (κ1) is 26.4. The Hall–Kier alpha value is -0.610. The van der Waals surface area contributed by atoms with Crippen LogP contribution >= 0.6 is 8.46 Å². The average Bonchev–Trinajstić information content (AvgIpc) is 2.69. The van der Waals surface area contributed by atoms with E-state index >= 15 is 0 Å². The van der Waals surface area contributed by atoms with Gasteiger partial charge in [0.05, 0.1) is 6.61 Å². The molecule has 0 aliphatic carbocycles. The Labute approximate surface area is 166 Å². The minimum Gasteiger partial charge on any atom is -0.393 e. The van der Waals surface area contributed by atoms with E-state index in [1.807, 2.05) is 0 Å². The van der Waals surface area contributed by atoms with Gasteiger partial charge in [-0.05, 0) is 32.1 Å². The number of hydrogen-bond donors (Lipinski definition) is 3. The van der Waals surface area contributed by atoms with Crippen molar-refractivity contribution in [1.82, 2.24) is 0 Å². The molecule has 158 valence electrons. The summed E-state index contributed by atoms with van der Waals surface area (Å²) in [6.45, 7) is 1.44. The molecular formula is C21H40O5P+. The third-order valence-electron chi connectivity index (χ3n) is 4.90. The molecule has 0 fully saturated rings. The van der Waals surface area contributed by atoms with Crippen LogP contribution in [-0.2, 0) is 9.36 Å². The van der Waals surface area contributed by atoms with Gasteiger partial charge in [-0.2, -0.15) is 0 Å². The summed E-state index contributed by atoms with van der Waals surface area (Å²) in [7, 11) is -1.38. The van der Waals surface area contributed by atoms with Gasteiger partial charge in [-0.25, -0.2) is 0 Å². The number of rotatable bonds is 19. The standard InChI is InChI=1S/C21H39O5P/c1-2-3-4-5-6-7-8-9-10-11-12-13-14-15-16-17-19(23)21(25,27-26)20(24)18-22/h7-8,20,22,24-25H,2-6,9-18H2,1H3/p+1. The second-order valence-corrected chi connectivity index (χ2v) is 8.29. The van der Waals surface area contributed by atoms with Crippen molar-refractivity contribution in [3.05, 3.63) is 12.2 Å². The number of ketones is 1. The van der Waals surface area contributed by atoms with E-state index in [1.54, 1.807) is 0 Å². The fraction of sp³-hybridized carbons (Fsp3) is 0.857. The number of Topliss-reactive ketones (excluding diaryl/α,β-unsaturated/α-hetero) is 1. The second-order valence-electron chi connectivity index (χ2n) is 7.32. The van der Waals surface area contributed by atoms with Gasteiger partial charge < -0.3 is 15.3 Å². The van der Waals surface area contributed by atoms with Gasteiger partial charge in [-0.15, -0.1) is 0 Å². The van der Waals surface area contributed by atoms with Gasteiger partial charge in [0.2, 0.25) is 5.78 Å². The molecule has 0 bridgehead atoms. The largest absolute Gasteiger partial charge is 0.393 e. The van der Waals surface area contributed by atoms with Gasteiger partial charge >= 0.3 is 13.8 Å². The van der Waals surface area contributed by atoms with Gasteiger partial charge in [0, 0.05) is 6.42 Å². The van der Waals surface area contributed by atoms with Crippen molar-refractivity contribution < 1.29 is 24.7 Å². The summed E-state index contributed by atoms with van der Waals surface area (Å²) in [5.41, 5.74) is 0. The summed E-state index contributed by atoms with van der Waals surface area (Å²) in [6, 6.07) is 0. The molecule has 27 heavy (non-hydrogen) atoms. The van der Waals surface area contributed by atoms with Crippen LogP contribution in [-0.4, -0.2) is 39.2 Å². The average molecular weight is 404 g/mol. The molecule has 0 amide bonds. The molecule has 0 radical (unpaired) electrons. The maximum absolute atomic E-state index is 11.9. The van der Waals surface area contributed by atoms with Crippen LogP contribution in [0.2, 0.25) is 0 Å². The van der Waals surface area contributed by atoms with Crippen molar-refractivity contribution in [2.45, 2.75) is 108 Å². The number of aliphatic hydroxyl groups excluding tert-OH is 2. The van der Waals surface area contributed by atoms with Crippen molar-refractivity contribution in [2.24, 2.45) is 0 Å². The van der Waals surface area contributed by atoms with E-state index in [-0.39, 0.29) is 6.42 Å². The number of unbranched alkanes of at least 4 members (excludes halogenated alkanes) is 11. The third-order valence-corrected chi connectivity index (χ3v) is 5.82. The molecule has 0 aromatic rings. The molecule has 0 aliphatic rings. The molecule has 0 heterocycles. The first-order chi connectivity index (χ1) is 13.0. The van der Waals surface area contributed by atoms with Crippen molar-refractivity contribution in [3.8, 4) is 0 Å². The van der Waals surface area contributed by atoms with Crippen molar-refractivity contribution in [3.63, 3.8) is 0 Å². The van der Waals surface area contributed by atoms with Gasteiger partial charge in [0.1, 0.15) is 0 Å². The highest BCUT2D eigenvalue weighted by Crippen LogP contribution is 2.27. The zero-order valence-corrected chi connectivity index (χ0v) is 18.0. The topological polar surface area (TPSA) is 94.8 Å². The fourth-order valence-electron chi connectivity index (χ4n) is 2.99. The lowest BCUT2D eigenvalue weighted by molar-refractivity contribution is -0.139. The molecule has 3 unspecified atom stereocenters. The highest BCUT2D eigenvalue weighted by Gasteiger charge is 2.51. The molecule has 0 saturated carbocycles. The Balaban J connectivity index is 3.56. The first-order valence-corrected chi connectivity index (χ1v) is 11.5. The van der Waals surface area contributed by atoms with Gasteiger partial charge in [0.15, 0.2) is 6.10 Å². The summed E-state index contributed by atoms with van der Waals surface area (Å²) >= 11 is 0. The van der Waals surface area contributed by atoms with Crippen LogP contribution in [0.4, 0.5) is 0 Å². The SMILES string of the molecule is CCCCCCC=CCCCCCCCCCC(=O)C(O)([PH+]=O)C(O)CO. The van der Waals surface area contributed by atoms with Crippen LogP contribution in [0.1, 0.15) is 96.8 Å². The molecule has 0 aromatic carbocycles. The fourth-order valence-corrected chi connectivity index (χ4v) is 3.46. The van der Waals surface area contributed by atoms with Crippen LogP contribution < -0.4 is 0 Å². The Morgan fingerprint density at radius 1 is 0.926 bits per heavy atom. The van der Waals surface area contributed by atoms with E-state index in [2.05, 4.69) is 19.1 Å². The maximum atomic E-state index is 11.9. The predicted molar refractivity (Wildman–Crippen MR) is 112 cm³/mol. The molecular weight excluding hydrogens is 363 g/mol. The first-order valence-electron chi connectivity index (χ1n) is 10.6. The van der Waals surface area contributed by atoms with Gasteiger partial charge in [-0.3, -0.25) is 4.79 Å². The summed E-state index contributed by atoms with van der Waals surface area (Å²) in [5.74, 6) is -0.654. The second kappa shape index (κ2) is 17.5. The van der Waals surface area contributed by atoms with E-state index in [9.17, 15) is 19.6 Å². The molecule has 0 aliphatic heterocycles. The molecule has 0 rings (SSSR count). The van der Waals surface area contributed by atoms with Crippen LogP contribution in [0, 0.1) is 0 Å². The van der Waals surface area contributed by atoms with Crippen molar-refractivity contribution in [1.29, 1.82) is 0 Å². The summed E-state index contributed by atoms with van der Waals surface area (Å²) < 4.78 is 11.0. The Morgan fingerprint density at radius 3 is 1.89 bits per heavy atom. The van der Waals surface area contributed by atoms with Gasteiger partial charge in [-0.1, -0.05) is 75.0 Å². The minimum atomic E-state index is -2.32. The molecule has 3 atom stereocenters. The van der Waals surface area contributed by atoms with E-state index in [4.69, 9.17) is 5.11 Å². The zero-order chi connectivity index (χ0) is 20.4. The highest BCUT2D eigenvalue weighted by molar-refractivity contribution is 7.27. The summed E-state index contributed by atoms with van der Waals surface area (Å²) in [4.78, 5) is 11.9. The predicted octanol–water partition coefficient (Wildman–Crippen LogP) is 4.66. The molecule has 0 saturated heterocycles. The maximum Gasteiger partial charge on any atom is 0.370 e. The normalized spacial score (nSPS) is 15.3. The number of carbonyl (C=O) groups excluding carboxylic acids is 1. The van der Waals surface area contributed by atoms with Crippen molar-refractivity contribution >= 4 is 14.2 Å². The lowest BCUT2D eigenvalue weighted by Crippen LogP contribution is -2.46. The molecule has 0 aromatic heterocycles. The summed E-state index contributed by atoms with van der Waals surface area (Å²) in [6.07, 6.45) is 17.9. The highest BCUT2D eigenvalue weighted by atomic mass is 31.1. The lowest BCUT2D eigenvalue weighted by Gasteiger charge is -2.17. The zero-order valence-electron chi connectivity index (χ0n) is 17.0. The van der Waals surface area contributed by atoms with Crippen LogP contribution in [0.3, 0.4) is 0 Å². The van der Waals surface area contributed by atoms with Crippen LogP contribution in [0.25, 0.3) is 0 Å². The number of aliphatic hydroxyl groups is 3. The molecule has 0 spiro atoms. The molecule has 5 nitrogen and oxygen atoms in total. The van der Waals surface area contributed by atoms with Gasteiger partial charge in [0.25, 0.3) is 0 Å². The quantitative estimate of drug-likeness (QED) is 0.166. The minimum absolute atomic E-state index is 0.0752. The number of carbonyl (C=O) groups is 1. The monoisotopic (exact) mass is 403 g/mol. The van der Waals surface area contributed by atoms with E-state index in [1.165, 1.54) is 51.4 Å². The summed E-state index contributed by atoms with van der Waals surface area (Å²) in [5, 5.41) is 25.9. The van der Waals surface area contributed by atoms with Crippen LogP contribution in [0.15, 0.2) is 12.2 Å². The van der Waals surface area contributed by atoms with E-state index in [0.29, 0.717) is 6.42 Å². The Morgan fingerprint density at radius 2 is 1.41 bits per heavy atom. The van der Waals surface area contributed by atoms with E-state index in [0.717, 1.165) is 25.7 Å². The van der Waals surface area contributed by atoms with Crippen LogP contribution in [0.5, 0.6) is 0 Å². The third kappa shape index (κ3) is 12.5. The molecule has 6 heteroatoms.